The van der Waals surface area contributed by atoms with Gasteiger partial charge in [-0.2, -0.15) is 0 Å². The Balaban J connectivity index is 3.04. The van der Waals surface area contributed by atoms with Crippen molar-refractivity contribution >= 4 is 0 Å². The largest absolute Gasteiger partial charge is 0.393 e. The van der Waals surface area contributed by atoms with Crippen molar-refractivity contribution in [1.29, 1.82) is 0 Å². The second-order valence-corrected chi connectivity index (χ2v) is 3.17. The molecule has 1 fully saturated rings. The number of ether oxygens (including phenoxy) is 1. The number of aliphatic hydroxyl groups is 5. The molecule has 9 nitrogen and oxygen atoms in total. The zero-order valence-electron chi connectivity index (χ0n) is 7.42. The highest BCUT2D eigenvalue weighted by Crippen LogP contribution is 2.29. The van der Waals surface area contributed by atoms with Crippen LogP contribution in [0.2, 0.25) is 0 Å². The molecular weight excluding hydrogens is 214 g/mol. The van der Waals surface area contributed by atoms with Crippen LogP contribution in [0.25, 0.3) is 0 Å². The Morgan fingerprint density at radius 2 is 1.93 bits per heavy atom. The average molecular weight is 225 g/mol. The molecule has 0 spiro atoms. The van der Waals surface area contributed by atoms with Crippen molar-refractivity contribution in [3.63, 3.8) is 0 Å². The Labute approximate surface area is 83.3 Å². The summed E-state index contributed by atoms with van der Waals surface area (Å²) in [5.74, 6) is 0. The quantitative estimate of drug-likeness (QED) is 0.183. The molecule has 5 atom stereocenters. The smallest absolute Gasteiger partial charge is 0.379 e. The van der Waals surface area contributed by atoms with Crippen molar-refractivity contribution in [3.05, 3.63) is 10.1 Å². The van der Waals surface area contributed by atoms with Crippen LogP contribution in [-0.4, -0.2) is 67.4 Å². The molecule has 1 aliphatic rings. The topological polar surface area (TPSA) is 154 Å². The fourth-order valence-corrected chi connectivity index (χ4v) is 1.35. The third kappa shape index (κ3) is 1.69. The Hall–Kier alpha value is -0.840. The zero-order chi connectivity index (χ0) is 11.8. The van der Waals surface area contributed by atoms with Gasteiger partial charge in [0, 0.05) is 0 Å². The molecule has 1 saturated heterocycles. The number of nitrogens with zero attached hydrogens (tertiary/aromatic N) is 1. The van der Waals surface area contributed by atoms with Gasteiger partial charge in [-0.25, -0.2) is 0 Å². The molecule has 0 radical (unpaired) electrons. The lowest BCUT2D eigenvalue weighted by Crippen LogP contribution is -2.70. The first-order chi connectivity index (χ1) is 6.85. The number of hydrogen-bond donors (Lipinski definition) is 5. The van der Waals surface area contributed by atoms with E-state index in [1.807, 2.05) is 0 Å². The molecule has 9 heteroatoms. The maximum Gasteiger partial charge on any atom is 0.379 e. The molecular formula is C6H11NO8. The number of rotatable bonds is 2. The van der Waals surface area contributed by atoms with E-state index in [0.29, 0.717) is 0 Å². The van der Waals surface area contributed by atoms with Crippen molar-refractivity contribution < 1.29 is 35.2 Å². The molecule has 15 heavy (non-hydrogen) atoms. The lowest BCUT2D eigenvalue weighted by Gasteiger charge is -2.39. The molecule has 0 aliphatic carbocycles. The van der Waals surface area contributed by atoms with Gasteiger partial charge in [0.05, 0.1) is 11.5 Å². The van der Waals surface area contributed by atoms with Crippen LogP contribution in [-0.2, 0) is 4.74 Å². The monoisotopic (exact) mass is 225 g/mol. The van der Waals surface area contributed by atoms with Crippen LogP contribution >= 0.6 is 0 Å². The molecule has 0 unspecified atom stereocenters. The van der Waals surface area contributed by atoms with Gasteiger partial charge in [0.2, 0.25) is 0 Å². The van der Waals surface area contributed by atoms with E-state index in [4.69, 9.17) is 15.3 Å². The normalized spacial score (nSPS) is 46.5. The highest BCUT2D eigenvalue weighted by Gasteiger charge is 2.64. The fraction of sp³-hybridized carbons (Fsp3) is 1.00. The van der Waals surface area contributed by atoms with Gasteiger partial charge in [0.25, 0.3) is 0 Å². The van der Waals surface area contributed by atoms with E-state index < -0.39 is 41.9 Å². The molecule has 0 bridgehead atoms. The van der Waals surface area contributed by atoms with E-state index in [1.54, 1.807) is 0 Å². The molecule has 0 amide bonds. The van der Waals surface area contributed by atoms with Crippen LogP contribution in [0.5, 0.6) is 0 Å². The maximum absolute atomic E-state index is 10.5. The van der Waals surface area contributed by atoms with Gasteiger partial charge in [-0.15, -0.1) is 0 Å². The summed E-state index contributed by atoms with van der Waals surface area (Å²) in [6, 6.07) is 0. The van der Waals surface area contributed by atoms with Crippen LogP contribution in [0.15, 0.2) is 0 Å². The van der Waals surface area contributed by atoms with Crippen LogP contribution in [0.4, 0.5) is 0 Å². The van der Waals surface area contributed by atoms with E-state index in [-0.39, 0.29) is 0 Å². The summed E-state index contributed by atoms with van der Waals surface area (Å²) in [6.45, 7) is -0.988. The van der Waals surface area contributed by atoms with E-state index in [1.165, 1.54) is 0 Å². The molecule has 0 aromatic carbocycles. The Kier molecular flexibility index (Phi) is 3.23. The van der Waals surface area contributed by atoms with E-state index >= 15 is 0 Å². The summed E-state index contributed by atoms with van der Waals surface area (Å²) in [7, 11) is 0. The lowest BCUT2D eigenvalue weighted by atomic mass is 9.93. The van der Waals surface area contributed by atoms with Gasteiger partial charge in [-0.1, -0.05) is 0 Å². The summed E-state index contributed by atoms with van der Waals surface area (Å²) in [4.78, 5) is 9.24. The predicted molar refractivity (Wildman–Crippen MR) is 41.9 cm³/mol. The third-order valence-electron chi connectivity index (χ3n) is 2.29. The Morgan fingerprint density at radius 1 is 1.40 bits per heavy atom. The van der Waals surface area contributed by atoms with Gasteiger partial charge < -0.3 is 30.3 Å². The Bertz CT molecular complexity index is 256. The maximum atomic E-state index is 10.5. The first kappa shape index (κ1) is 12.2. The summed E-state index contributed by atoms with van der Waals surface area (Å²) >= 11 is 0. The zero-order valence-corrected chi connectivity index (χ0v) is 7.42. The fourth-order valence-electron chi connectivity index (χ4n) is 1.35. The molecule has 1 heterocycles. The summed E-state index contributed by atoms with van der Waals surface area (Å²) in [5, 5.41) is 56.0. The van der Waals surface area contributed by atoms with E-state index in [2.05, 4.69) is 4.74 Å². The summed E-state index contributed by atoms with van der Waals surface area (Å²) in [6.07, 6.45) is -8.00. The van der Waals surface area contributed by atoms with Gasteiger partial charge in [-0.3, -0.25) is 10.1 Å². The van der Waals surface area contributed by atoms with Gasteiger partial charge >= 0.3 is 5.72 Å². The third-order valence-corrected chi connectivity index (χ3v) is 2.29. The second kappa shape index (κ2) is 3.96. The molecule has 1 aliphatic heterocycles. The molecule has 0 saturated carbocycles. The minimum Gasteiger partial charge on any atom is -0.393 e. The van der Waals surface area contributed by atoms with Crippen molar-refractivity contribution in [2.24, 2.45) is 0 Å². The van der Waals surface area contributed by atoms with Crippen LogP contribution in [0, 0.1) is 10.1 Å². The lowest BCUT2D eigenvalue weighted by molar-refractivity contribution is -0.665. The minimum atomic E-state index is -3.05. The van der Waals surface area contributed by atoms with Gasteiger partial charge in [0.1, 0.15) is 6.10 Å². The minimum absolute atomic E-state index is 0.988. The highest BCUT2D eigenvalue weighted by atomic mass is 16.7. The average Bonchev–Trinajstić information content (AvgIpc) is 2.20. The van der Waals surface area contributed by atoms with Crippen LogP contribution < -0.4 is 0 Å². The highest BCUT2D eigenvalue weighted by molar-refractivity contribution is 4.94. The molecule has 0 aromatic heterocycles. The first-order valence-electron chi connectivity index (χ1n) is 4.03. The molecule has 0 aromatic rings. The number of hydrogen-bond acceptors (Lipinski definition) is 8. The molecule has 1 rings (SSSR count). The standard InChI is InChI=1S/C6H11NO8/c8-1-2-6(12,7(13)14)4(10)3(9)5(11)15-2/h2-5,8-12H,1H2/t2-,3-,4-,5+,6+/m1/s1. The Morgan fingerprint density at radius 3 is 2.33 bits per heavy atom. The second-order valence-electron chi connectivity index (χ2n) is 3.17. The van der Waals surface area contributed by atoms with E-state index in [0.717, 1.165) is 0 Å². The van der Waals surface area contributed by atoms with Crippen molar-refractivity contribution in [1.82, 2.24) is 0 Å². The van der Waals surface area contributed by atoms with E-state index in [9.17, 15) is 20.3 Å². The number of aliphatic hydroxyl groups excluding tert-OH is 4. The van der Waals surface area contributed by atoms with Gasteiger partial charge in [0.15, 0.2) is 18.5 Å². The SMILES string of the molecule is O=[N+]([O-])[C@@]1(O)[C@H](O)[C@@H](O)[C@@H](O)O[C@@H]1CO. The molecule has 88 valence electrons. The van der Waals surface area contributed by atoms with Crippen LogP contribution in [0.1, 0.15) is 0 Å². The number of nitro groups is 1. The molecule has 5 N–H and O–H groups in total. The first-order valence-corrected chi connectivity index (χ1v) is 4.03. The van der Waals surface area contributed by atoms with Crippen molar-refractivity contribution in [2.45, 2.75) is 30.3 Å². The van der Waals surface area contributed by atoms with Gasteiger partial charge in [-0.05, 0) is 0 Å². The summed E-state index contributed by atoms with van der Waals surface area (Å²) in [5.41, 5.74) is -3.05. The van der Waals surface area contributed by atoms with Crippen molar-refractivity contribution in [3.8, 4) is 0 Å². The summed E-state index contributed by atoms with van der Waals surface area (Å²) < 4.78 is 4.40. The van der Waals surface area contributed by atoms with Crippen molar-refractivity contribution in [2.75, 3.05) is 6.61 Å². The van der Waals surface area contributed by atoms with Crippen LogP contribution in [0.3, 0.4) is 0 Å². The predicted octanol–water partition coefficient (Wildman–Crippen LogP) is -3.62.